The Bertz CT molecular complexity index is 604. The number of hydrogen-bond donors (Lipinski definition) is 3. The minimum atomic E-state index is -0.516. The van der Waals surface area contributed by atoms with Crippen molar-refractivity contribution in [2.45, 2.75) is 0 Å². The molecule has 0 aliphatic carbocycles. The Hall–Kier alpha value is -2.56. The van der Waals surface area contributed by atoms with E-state index in [-0.39, 0.29) is 11.3 Å². The minimum Gasteiger partial charge on any atom is -0.508 e. The van der Waals surface area contributed by atoms with Crippen molar-refractivity contribution in [3.63, 3.8) is 0 Å². The van der Waals surface area contributed by atoms with Crippen molar-refractivity contribution in [3.05, 3.63) is 58.5 Å². The summed E-state index contributed by atoms with van der Waals surface area (Å²) in [4.78, 5) is 25.5. The Balaban J connectivity index is 2.23. The number of rotatable bonds is 2. The zero-order valence-electron chi connectivity index (χ0n) is 8.81. The first kappa shape index (κ1) is 10.9. The molecule has 0 atom stereocenters. The Kier molecular flexibility index (Phi) is 2.91. The molecule has 17 heavy (non-hydrogen) atoms. The normalized spacial score (nSPS) is 9.88. The van der Waals surface area contributed by atoms with Gasteiger partial charge in [-0.05, 0) is 24.3 Å². The molecule has 3 N–H and O–H groups in total. The maximum Gasteiger partial charge on any atom is 0.261 e. The molecule has 2 rings (SSSR count). The molecule has 0 saturated heterocycles. The second-order valence-electron chi connectivity index (χ2n) is 3.42. The first-order valence-electron chi connectivity index (χ1n) is 4.95. The lowest BCUT2D eigenvalue weighted by Crippen LogP contribution is -2.22. The zero-order chi connectivity index (χ0) is 12.3. The van der Waals surface area contributed by atoms with Crippen molar-refractivity contribution in [1.82, 2.24) is 4.98 Å². The highest BCUT2D eigenvalue weighted by atomic mass is 16.3. The lowest BCUT2D eigenvalue weighted by molar-refractivity contribution is 0.102. The highest BCUT2D eigenvalue weighted by Crippen LogP contribution is 2.15. The maximum absolute atomic E-state index is 11.7. The minimum absolute atomic E-state index is 0.0239. The number of benzene rings is 1. The lowest BCUT2D eigenvalue weighted by atomic mass is 10.2. The number of phenolic OH excluding ortho intramolecular Hbond substituents is 1. The molecular weight excluding hydrogens is 220 g/mol. The van der Waals surface area contributed by atoms with Gasteiger partial charge in [0.05, 0.1) is 0 Å². The molecule has 1 aromatic heterocycles. The third-order valence-electron chi connectivity index (χ3n) is 2.17. The number of carbonyl (C=O) groups is 1. The summed E-state index contributed by atoms with van der Waals surface area (Å²) >= 11 is 0. The molecule has 1 aromatic carbocycles. The zero-order valence-corrected chi connectivity index (χ0v) is 8.81. The van der Waals surface area contributed by atoms with Crippen LogP contribution in [0.15, 0.2) is 47.4 Å². The third kappa shape index (κ3) is 2.52. The molecule has 0 aliphatic heterocycles. The quantitative estimate of drug-likeness (QED) is 0.727. The van der Waals surface area contributed by atoms with Crippen LogP contribution in [0.5, 0.6) is 5.75 Å². The Morgan fingerprint density at radius 1 is 1.24 bits per heavy atom. The standard InChI is InChI=1S/C12H10N2O3/c15-9-4-1-3-8(7-9)14-12(17)10-5-2-6-13-11(10)16/h1-7,15H,(H,13,16)(H,14,17). The van der Waals surface area contributed by atoms with Crippen molar-refractivity contribution in [1.29, 1.82) is 0 Å². The number of phenols is 1. The van der Waals surface area contributed by atoms with Crippen LogP contribution in [0.1, 0.15) is 10.4 Å². The molecule has 2 aromatic rings. The van der Waals surface area contributed by atoms with E-state index in [2.05, 4.69) is 10.3 Å². The van der Waals surface area contributed by atoms with Gasteiger partial charge in [0.2, 0.25) is 0 Å². The topological polar surface area (TPSA) is 82.2 Å². The van der Waals surface area contributed by atoms with E-state index in [9.17, 15) is 14.7 Å². The van der Waals surface area contributed by atoms with Crippen LogP contribution in [0.25, 0.3) is 0 Å². The Morgan fingerprint density at radius 2 is 2.06 bits per heavy atom. The van der Waals surface area contributed by atoms with E-state index >= 15 is 0 Å². The molecule has 86 valence electrons. The van der Waals surface area contributed by atoms with Crippen LogP contribution >= 0.6 is 0 Å². The predicted molar refractivity (Wildman–Crippen MR) is 63.1 cm³/mol. The molecule has 5 heteroatoms. The fraction of sp³-hybridized carbons (Fsp3) is 0. The number of carbonyl (C=O) groups excluding carboxylic acids is 1. The number of aromatic hydroxyl groups is 1. The smallest absolute Gasteiger partial charge is 0.261 e. The summed E-state index contributed by atoms with van der Waals surface area (Å²) in [5.41, 5.74) is -0.000695. The molecule has 0 radical (unpaired) electrons. The van der Waals surface area contributed by atoms with Gasteiger partial charge in [0, 0.05) is 18.0 Å². The summed E-state index contributed by atoms with van der Waals surface area (Å²) in [5.74, 6) is -0.470. The van der Waals surface area contributed by atoms with Crippen LogP contribution in [-0.4, -0.2) is 16.0 Å². The van der Waals surface area contributed by atoms with E-state index in [0.717, 1.165) is 0 Å². The predicted octanol–water partition coefficient (Wildman–Crippen LogP) is 1.33. The van der Waals surface area contributed by atoms with Crippen molar-refractivity contribution in [2.24, 2.45) is 0 Å². The van der Waals surface area contributed by atoms with Crippen molar-refractivity contribution in [3.8, 4) is 5.75 Å². The highest BCUT2D eigenvalue weighted by Gasteiger charge is 2.09. The van der Waals surface area contributed by atoms with E-state index in [0.29, 0.717) is 5.69 Å². The first-order valence-corrected chi connectivity index (χ1v) is 4.95. The van der Waals surface area contributed by atoms with Crippen LogP contribution in [0.4, 0.5) is 5.69 Å². The SMILES string of the molecule is O=C(Nc1cccc(O)c1)c1ccc[nH]c1=O. The van der Waals surface area contributed by atoms with Gasteiger partial charge in [0.1, 0.15) is 11.3 Å². The summed E-state index contributed by atoms with van der Waals surface area (Å²) in [6.45, 7) is 0. The first-order chi connectivity index (χ1) is 8.16. The fourth-order valence-electron chi connectivity index (χ4n) is 1.38. The van der Waals surface area contributed by atoms with Gasteiger partial charge in [-0.3, -0.25) is 9.59 Å². The second kappa shape index (κ2) is 4.52. The van der Waals surface area contributed by atoms with Gasteiger partial charge < -0.3 is 15.4 Å². The van der Waals surface area contributed by atoms with Crippen molar-refractivity contribution in [2.75, 3.05) is 5.32 Å². The van der Waals surface area contributed by atoms with Gasteiger partial charge in [0.25, 0.3) is 11.5 Å². The summed E-state index contributed by atoms with van der Waals surface area (Å²) in [6, 6.07) is 9.10. The highest BCUT2D eigenvalue weighted by molar-refractivity contribution is 6.04. The number of H-pyrrole nitrogens is 1. The van der Waals surface area contributed by atoms with Crippen LogP contribution in [0, 0.1) is 0 Å². The Morgan fingerprint density at radius 3 is 2.76 bits per heavy atom. The van der Waals surface area contributed by atoms with Crippen molar-refractivity contribution < 1.29 is 9.90 Å². The number of aromatic nitrogens is 1. The van der Waals surface area contributed by atoms with E-state index in [4.69, 9.17) is 0 Å². The summed E-state index contributed by atoms with van der Waals surface area (Å²) in [7, 11) is 0. The summed E-state index contributed by atoms with van der Waals surface area (Å²) < 4.78 is 0. The number of amides is 1. The van der Waals surface area contributed by atoms with Crippen LogP contribution in [0.3, 0.4) is 0 Å². The van der Waals surface area contributed by atoms with Crippen LogP contribution in [-0.2, 0) is 0 Å². The number of hydrogen-bond acceptors (Lipinski definition) is 3. The van der Waals surface area contributed by atoms with Gasteiger partial charge in [0.15, 0.2) is 0 Å². The van der Waals surface area contributed by atoms with Gasteiger partial charge in [-0.25, -0.2) is 0 Å². The van der Waals surface area contributed by atoms with E-state index in [1.54, 1.807) is 18.2 Å². The molecule has 0 saturated carbocycles. The second-order valence-corrected chi connectivity index (χ2v) is 3.42. The molecule has 0 spiro atoms. The van der Waals surface area contributed by atoms with Gasteiger partial charge >= 0.3 is 0 Å². The average molecular weight is 230 g/mol. The molecule has 0 bridgehead atoms. The summed E-state index contributed by atoms with van der Waals surface area (Å²) in [6.07, 6.45) is 1.45. The van der Waals surface area contributed by atoms with Gasteiger partial charge in [-0.15, -0.1) is 0 Å². The number of anilines is 1. The van der Waals surface area contributed by atoms with Gasteiger partial charge in [-0.1, -0.05) is 6.07 Å². The third-order valence-corrected chi connectivity index (χ3v) is 2.17. The fourth-order valence-corrected chi connectivity index (χ4v) is 1.38. The summed E-state index contributed by atoms with van der Waals surface area (Å²) in [5, 5.41) is 11.8. The monoisotopic (exact) mass is 230 g/mol. The maximum atomic E-state index is 11.7. The largest absolute Gasteiger partial charge is 0.508 e. The van der Waals surface area contributed by atoms with E-state index in [1.807, 2.05) is 0 Å². The van der Waals surface area contributed by atoms with Crippen LogP contribution in [0.2, 0.25) is 0 Å². The molecule has 1 heterocycles. The number of nitrogens with one attached hydrogen (secondary N) is 2. The Labute approximate surface area is 96.7 Å². The van der Waals surface area contributed by atoms with Gasteiger partial charge in [-0.2, -0.15) is 0 Å². The van der Waals surface area contributed by atoms with E-state index < -0.39 is 11.5 Å². The van der Waals surface area contributed by atoms with Crippen molar-refractivity contribution >= 4 is 11.6 Å². The molecule has 1 amide bonds. The number of pyridine rings is 1. The average Bonchev–Trinajstić information content (AvgIpc) is 2.29. The van der Waals surface area contributed by atoms with E-state index in [1.165, 1.54) is 24.4 Å². The number of aromatic amines is 1. The molecule has 5 nitrogen and oxygen atoms in total. The van der Waals surface area contributed by atoms with Crippen LogP contribution < -0.4 is 10.9 Å². The molecule has 0 aliphatic rings. The molecular formula is C12H10N2O3. The lowest BCUT2D eigenvalue weighted by Gasteiger charge is -2.04. The molecule has 0 unspecified atom stereocenters. The molecule has 0 fully saturated rings.